The number of hydrogen-bond donors (Lipinski definition) is 0. The van der Waals surface area contributed by atoms with Gasteiger partial charge in [0.15, 0.2) is 0 Å². The van der Waals surface area contributed by atoms with E-state index < -0.39 is 28.8 Å². The minimum atomic E-state index is -4.73. The highest BCUT2D eigenvalue weighted by Crippen LogP contribution is 2.35. The third-order valence-electron chi connectivity index (χ3n) is 7.14. The van der Waals surface area contributed by atoms with Crippen molar-refractivity contribution in [1.82, 2.24) is 19.8 Å². The number of nitrogens with zero attached hydrogens (tertiary/aromatic N) is 5. The fraction of sp³-hybridized carbons (Fsp3) is 0.357. The van der Waals surface area contributed by atoms with Crippen molar-refractivity contribution in [3.8, 4) is 5.75 Å². The van der Waals surface area contributed by atoms with Crippen molar-refractivity contribution < 1.29 is 27.5 Å². The monoisotopic (exact) mass is 609 g/mol. The number of hydrogen-bond acceptors (Lipinski definition) is 6. The molecular formula is C28H28Cl2F3N5O3. The van der Waals surface area contributed by atoms with E-state index in [1.54, 1.807) is 35.4 Å². The summed E-state index contributed by atoms with van der Waals surface area (Å²) in [7, 11) is 0. The molecule has 0 aliphatic carbocycles. The summed E-state index contributed by atoms with van der Waals surface area (Å²) in [5, 5.41) is 0.401. The highest BCUT2D eigenvalue weighted by Gasteiger charge is 2.49. The van der Waals surface area contributed by atoms with E-state index in [0.717, 1.165) is 24.3 Å². The average molecular weight is 610 g/mol. The van der Waals surface area contributed by atoms with Crippen LogP contribution in [0.3, 0.4) is 0 Å². The number of anilines is 1. The van der Waals surface area contributed by atoms with Crippen LogP contribution in [0.2, 0.25) is 5.02 Å². The maximum atomic E-state index is 14.1. The number of ether oxygens (including phenoxy) is 1. The van der Waals surface area contributed by atoms with Crippen molar-refractivity contribution in [3.63, 3.8) is 0 Å². The van der Waals surface area contributed by atoms with Gasteiger partial charge in [-0.25, -0.2) is 4.98 Å². The van der Waals surface area contributed by atoms with Gasteiger partial charge in [-0.2, -0.15) is 13.2 Å². The SMILES string of the molecule is Cl.O=C(c1cnccc1C(F)(F)F)N1CCCC(Oc2cccc(Cl)c2)(C(=O)N2CCN(c3ccccn3)CC2)C1. The second kappa shape index (κ2) is 12.5. The molecule has 0 bridgehead atoms. The van der Waals surface area contributed by atoms with Gasteiger partial charge in [0.1, 0.15) is 11.6 Å². The molecule has 4 heterocycles. The molecule has 2 aromatic heterocycles. The predicted octanol–water partition coefficient (Wildman–Crippen LogP) is 4.97. The molecule has 2 saturated heterocycles. The predicted molar refractivity (Wildman–Crippen MR) is 149 cm³/mol. The first-order chi connectivity index (χ1) is 19.2. The summed E-state index contributed by atoms with van der Waals surface area (Å²) >= 11 is 6.16. The van der Waals surface area contributed by atoms with Crippen molar-refractivity contribution >= 4 is 41.6 Å². The van der Waals surface area contributed by atoms with E-state index in [1.165, 1.54) is 4.90 Å². The van der Waals surface area contributed by atoms with E-state index in [4.69, 9.17) is 16.3 Å². The topological polar surface area (TPSA) is 78.9 Å². The molecule has 218 valence electrons. The molecule has 1 aromatic carbocycles. The molecule has 2 aliphatic heterocycles. The summed E-state index contributed by atoms with van der Waals surface area (Å²) < 4.78 is 47.4. The van der Waals surface area contributed by atoms with Crippen LogP contribution in [0.1, 0.15) is 28.8 Å². The van der Waals surface area contributed by atoms with Gasteiger partial charge in [-0.15, -0.1) is 12.4 Å². The Morgan fingerprint density at radius 1 is 0.951 bits per heavy atom. The summed E-state index contributed by atoms with van der Waals surface area (Å²) in [6.45, 7) is 1.83. The number of carbonyl (C=O) groups is 2. The normalized spacial score (nSPS) is 19.4. The Morgan fingerprint density at radius 2 is 1.73 bits per heavy atom. The molecule has 41 heavy (non-hydrogen) atoms. The van der Waals surface area contributed by atoms with Gasteiger partial charge in [-0.3, -0.25) is 14.6 Å². The number of carbonyl (C=O) groups excluding carboxylic acids is 2. The average Bonchev–Trinajstić information content (AvgIpc) is 2.96. The van der Waals surface area contributed by atoms with Gasteiger partial charge >= 0.3 is 6.18 Å². The lowest BCUT2D eigenvalue weighted by Crippen LogP contribution is -2.64. The Balaban J connectivity index is 0.00000387. The zero-order chi connectivity index (χ0) is 28.3. The number of aromatic nitrogens is 2. The van der Waals surface area contributed by atoms with E-state index in [-0.39, 0.29) is 37.8 Å². The van der Waals surface area contributed by atoms with Crippen LogP contribution in [0, 0.1) is 0 Å². The fourth-order valence-corrected chi connectivity index (χ4v) is 5.38. The van der Waals surface area contributed by atoms with Crippen LogP contribution in [-0.2, 0) is 11.0 Å². The largest absolute Gasteiger partial charge is 0.475 e. The van der Waals surface area contributed by atoms with E-state index in [0.29, 0.717) is 43.4 Å². The van der Waals surface area contributed by atoms with Gasteiger partial charge in [0, 0.05) is 56.3 Å². The van der Waals surface area contributed by atoms with Gasteiger partial charge in [0.2, 0.25) is 5.60 Å². The van der Waals surface area contributed by atoms with Gasteiger partial charge < -0.3 is 19.4 Å². The highest BCUT2D eigenvalue weighted by atomic mass is 35.5. The number of benzene rings is 1. The van der Waals surface area contributed by atoms with E-state index in [9.17, 15) is 22.8 Å². The highest BCUT2D eigenvalue weighted by molar-refractivity contribution is 6.30. The van der Waals surface area contributed by atoms with E-state index in [1.807, 2.05) is 18.2 Å². The van der Waals surface area contributed by atoms with Gasteiger partial charge in [-0.1, -0.05) is 23.7 Å². The van der Waals surface area contributed by atoms with Crippen molar-refractivity contribution in [2.75, 3.05) is 44.2 Å². The number of alkyl halides is 3. The molecule has 3 aromatic rings. The summed E-state index contributed by atoms with van der Waals surface area (Å²) in [6.07, 6.45) is -0.480. The minimum absolute atomic E-state index is 0. The molecule has 0 spiro atoms. The molecule has 0 radical (unpaired) electrons. The number of piperazine rings is 1. The van der Waals surface area contributed by atoms with Gasteiger partial charge in [-0.05, 0) is 49.2 Å². The van der Waals surface area contributed by atoms with Gasteiger partial charge in [0.05, 0.1) is 17.7 Å². The molecule has 1 atom stereocenters. The lowest BCUT2D eigenvalue weighted by molar-refractivity contribution is -0.153. The molecule has 0 saturated carbocycles. The smallest absolute Gasteiger partial charge is 0.417 e. The van der Waals surface area contributed by atoms with Crippen LogP contribution in [0.4, 0.5) is 19.0 Å². The zero-order valence-electron chi connectivity index (χ0n) is 21.9. The van der Waals surface area contributed by atoms with Crippen LogP contribution < -0.4 is 9.64 Å². The molecule has 1 unspecified atom stereocenters. The minimum Gasteiger partial charge on any atom is -0.475 e. The van der Waals surface area contributed by atoms with Gasteiger partial charge in [0.25, 0.3) is 11.8 Å². The molecule has 0 N–H and O–H groups in total. The quantitative estimate of drug-likeness (QED) is 0.406. The first-order valence-electron chi connectivity index (χ1n) is 12.9. The van der Waals surface area contributed by atoms with Crippen LogP contribution in [0.25, 0.3) is 0 Å². The Morgan fingerprint density at radius 3 is 2.41 bits per heavy atom. The third-order valence-corrected chi connectivity index (χ3v) is 7.37. The number of pyridine rings is 2. The molecule has 2 amide bonds. The number of halogens is 5. The van der Waals surface area contributed by atoms with Crippen molar-refractivity contribution in [1.29, 1.82) is 0 Å². The first-order valence-corrected chi connectivity index (χ1v) is 13.2. The standard InChI is InChI=1S/C28H27ClF3N5O3.ClH/c29-20-5-3-6-21(17-20)40-27(26(39)36-15-13-35(14-16-36)24-7-1-2-10-34-24)9-4-12-37(19-27)25(38)22-18-33-11-8-23(22)28(30,31)32;/h1-3,5-8,10-11,17-18H,4,9,12-16,19H2;1H. The lowest BCUT2D eigenvalue weighted by Gasteiger charge is -2.45. The Labute approximate surface area is 246 Å². The second-order valence-electron chi connectivity index (χ2n) is 9.77. The first kappa shape index (κ1) is 30.4. The lowest BCUT2D eigenvalue weighted by atomic mass is 9.89. The van der Waals surface area contributed by atoms with Crippen LogP contribution in [-0.4, -0.2) is 76.5 Å². The summed E-state index contributed by atoms with van der Waals surface area (Å²) in [4.78, 5) is 40.7. The number of rotatable bonds is 5. The molecule has 2 aliphatic rings. The van der Waals surface area contributed by atoms with Crippen LogP contribution in [0.15, 0.2) is 67.1 Å². The van der Waals surface area contributed by atoms with Crippen molar-refractivity contribution in [2.24, 2.45) is 0 Å². The number of likely N-dealkylation sites (tertiary alicyclic amines) is 1. The zero-order valence-corrected chi connectivity index (χ0v) is 23.5. The second-order valence-corrected chi connectivity index (χ2v) is 10.2. The van der Waals surface area contributed by atoms with Crippen LogP contribution >= 0.6 is 24.0 Å². The fourth-order valence-electron chi connectivity index (χ4n) is 5.20. The Bertz CT molecular complexity index is 1370. The number of amides is 2. The summed E-state index contributed by atoms with van der Waals surface area (Å²) in [6, 6.07) is 13.0. The summed E-state index contributed by atoms with van der Waals surface area (Å²) in [5.74, 6) is -0.0367. The molecule has 8 nitrogen and oxygen atoms in total. The van der Waals surface area contributed by atoms with Crippen LogP contribution in [0.5, 0.6) is 5.75 Å². The molecule has 2 fully saturated rings. The Hall–Kier alpha value is -3.57. The number of piperidine rings is 1. The van der Waals surface area contributed by atoms with E-state index in [2.05, 4.69) is 14.9 Å². The van der Waals surface area contributed by atoms with Crippen molar-refractivity contribution in [3.05, 3.63) is 83.3 Å². The van der Waals surface area contributed by atoms with E-state index >= 15 is 0 Å². The maximum absolute atomic E-state index is 14.1. The molecule has 5 rings (SSSR count). The maximum Gasteiger partial charge on any atom is 0.417 e. The summed E-state index contributed by atoms with van der Waals surface area (Å²) in [5.41, 5.74) is -3.15. The molecule has 13 heteroatoms. The van der Waals surface area contributed by atoms with Crippen molar-refractivity contribution in [2.45, 2.75) is 24.6 Å². The third kappa shape index (κ3) is 6.68. The molecular weight excluding hydrogens is 582 g/mol. The Kier molecular flexibility index (Phi) is 9.28.